The molecule has 0 fully saturated rings. The molecule has 0 amide bonds. The van der Waals surface area contributed by atoms with Gasteiger partial charge in [0.05, 0.1) is 6.61 Å². The number of aliphatic hydroxyl groups is 4. The van der Waals surface area contributed by atoms with E-state index in [1.54, 1.807) is 0 Å². The molecule has 5 N–H and O–H groups in total. The van der Waals surface area contributed by atoms with Crippen LogP contribution < -0.4 is 0 Å². The molecule has 0 saturated carbocycles. The van der Waals surface area contributed by atoms with Crippen molar-refractivity contribution in [2.45, 2.75) is 24.4 Å². The predicted octanol–water partition coefficient (Wildman–Crippen LogP) is -3.22. The van der Waals surface area contributed by atoms with E-state index in [9.17, 15) is 14.1 Å². The zero-order chi connectivity index (χ0) is 12.0. The Balaban J connectivity index is 4.42. The molecule has 15 heavy (non-hydrogen) atoms. The van der Waals surface area contributed by atoms with Gasteiger partial charge in [-0.2, -0.15) is 4.21 Å². The summed E-state index contributed by atoms with van der Waals surface area (Å²) in [7, 11) is 0. The van der Waals surface area contributed by atoms with Crippen LogP contribution in [0.15, 0.2) is 0 Å². The highest BCUT2D eigenvalue weighted by Crippen LogP contribution is 2.07. The maximum atomic E-state index is 10.3. The zero-order valence-corrected chi connectivity index (χ0v) is 8.28. The Morgan fingerprint density at radius 2 is 1.80 bits per heavy atom. The van der Waals surface area contributed by atoms with Crippen LogP contribution in [0.2, 0.25) is 0 Å². The van der Waals surface area contributed by atoms with Gasteiger partial charge in [-0.05, 0) is 0 Å². The van der Waals surface area contributed by atoms with Gasteiger partial charge in [0.15, 0.2) is 12.4 Å². The summed E-state index contributed by atoms with van der Waals surface area (Å²) in [6.07, 6.45) is -7.24. The summed E-state index contributed by atoms with van der Waals surface area (Å²) < 4.78 is 22.5. The molecule has 9 heteroatoms. The first kappa shape index (κ1) is 14.6. The van der Waals surface area contributed by atoms with Gasteiger partial charge in [0, 0.05) is 0 Å². The SMILES string of the molecule is O=C[C@H](OS(=O)O)[C@@H](O)[C@H](O)[C@H](O)CO. The number of aldehydes is 1. The van der Waals surface area contributed by atoms with Crippen molar-refractivity contribution in [3.63, 3.8) is 0 Å². The van der Waals surface area contributed by atoms with Crippen molar-refractivity contribution in [2.75, 3.05) is 6.61 Å². The fraction of sp³-hybridized carbons (Fsp3) is 0.833. The van der Waals surface area contributed by atoms with Crippen molar-refractivity contribution in [3.8, 4) is 0 Å². The lowest BCUT2D eigenvalue weighted by atomic mass is 10.0. The Labute approximate surface area is 87.6 Å². The van der Waals surface area contributed by atoms with Gasteiger partial charge in [0.25, 0.3) is 0 Å². The number of hydrogen-bond acceptors (Lipinski definition) is 7. The van der Waals surface area contributed by atoms with Crippen LogP contribution in [0.5, 0.6) is 0 Å². The predicted molar refractivity (Wildman–Crippen MR) is 46.8 cm³/mol. The van der Waals surface area contributed by atoms with E-state index >= 15 is 0 Å². The molecular formula is C6H12O8S. The molecule has 5 atom stereocenters. The minimum Gasteiger partial charge on any atom is -0.394 e. The van der Waals surface area contributed by atoms with Gasteiger partial charge < -0.3 is 25.2 Å². The van der Waals surface area contributed by atoms with E-state index in [4.69, 9.17) is 19.9 Å². The molecule has 0 aliphatic carbocycles. The van der Waals surface area contributed by atoms with Crippen molar-refractivity contribution in [3.05, 3.63) is 0 Å². The maximum Gasteiger partial charge on any atom is 0.302 e. The normalized spacial score (nSPS) is 21.4. The second kappa shape index (κ2) is 6.95. The summed E-state index contributed by atoms with van der Waals surface area (Å²) in [5, 5.41) is 35.7. The van der Waals surface area contributed by atoms with E-state index in [1.165, 1.54) is 0 Å². The van der Waals surface area contributed by atoms with E-state index < -0.39 is 42.4 Å². The van der Waals surface area contributed by atoms with Gasteiger partial charge >= 0.3 is 11.4 Å². The second-order valence-corrected chi connectivity index (χ2v) is 3.27. The number of carbonyl (C=O) groups excluding carboxylic acids is 1. The van der Waals surface area contributed by atoms with Crippen LogP contribution in [-0.2, 0) is 20.3 Å². The zero-order valence-electron chi connectivity index (χ0n) is 7.46. The minimum absolute atomic E-state index is 0.00784. The van der Waals surface area contributed by atoms with Crippen LogP contribution in [0, 0.1) is 0 Å². The highest BCUT2D eigenvalue weighted by Gasteiger charge is 2.32. The first-order valence-corrected chi connectivity index (χ1v) is 4.85. The van der Waals surface area contributed by atoms with Gasteiger partial charge in [-0.15, -0.1) is 0 Å². The van der Waals surface area contributed by atoms with Gasteiger partial charge in [-0.1, -0.05) is 0 Å². The summed E-state index contributed by atoms with van der Waals surface area (Å²) in [5.41, 5.74) is 0. The third-order valence-electron chi connectivity index (χ3n) is 1.60. The summed E-state index contributed by atoms with van der Waals surface area (Å²) >= 11 is -2.79. The van der Waals surface area contributed by atoms with Gasteiger partial charge in [0.2, 0.25) is 0 Å². The van der Waals surface area contributed by atoms with Crippen molar-refractivity contribution in [1.29, 1.82) is 0 Å². The molecule has 0 bridgehead atoms. The Morgan fingerprint density at radius 1 is 1.27 bits per heavy atom. The molecule has 0 heterocycles. The molecule has 0 saturated heterocycles. The maximum absolute atomic E-state index is 10.3. The highest BCUT2D eigenvalue weighted by atomic mass is 32.2. The lowest BCUT2D eigenvalue weighted by Gasteiger charge is -2.24. The average Bonchev–Trinajstić information content (AvgIpc) is 2.22. The van der Waals surface area contributed by atoms with Crippen LogP contribution in [0.4, 0.5) is 0 Å². The molecule has 0 aromatic carbocycles. The first-order valence-electron chi connectivity index (χ1n) is 3.82. The topological polar surface area (TPSA) is 145 Å². The van der Waals surface area contributed by atoms with Crippen molar-refractivity contribution in [2.24, 2.45) is 0 Å². The first-order chi connectivity index (χ1) is 6.93. The third kappa shape index (κ3) is 4.75. The number of aliphatic hydroxyl groups excluding tert-OH is 4. The van der Waals surface area contributed by atoms with E-state index in [1.807, 2.05) is 0 Å². The molecule has 8 nitrogen and oxygen atoms in total. The molecular weight excluding hydrogens is 232 g/mol. The highest BCUT2D eigenvalue weighted by molar-refractivity contribution is 7.74. The lowest BCUT2D eigenvalue weighted by molar-refractivity contribution is -0.132. The third-order valence-corrected chi connectivity index (χ3v) is 1.98. The number of carbonyl (C=O) groups is 1. The molecule has 1 unspecified atom stereocenters. The average molecular weight is 244 g/mol. The molecule has 0 aromatic rings. The standard InChI is InChI=1S/C6H12O8S/c7-1-3(9)5(10)6(11)4(2-8)14-15(12)13/h2-7,9-11H,1H2,(H,12,13)/t3-,4+,5-,6-/m1/s1. The fourth-order valence-corrected chi connectivity index (χ4v) is 1.13. The smallest absolute Gasteiger partial charge is 0.302 e. The van der Waals surface area contributed by atoms with Crippen LogP contribution in [-0.4, -0.2) is 66.5 Å². The Bertz CT molecular complexity index is 221. The molecule has 0 aliphatic heterocycles. The number of rotatable bonds is 7. The monoisotopic (exact) mass is 244 g/mol. The quantitative estimate of drug-likeness (QED) is 0.232. The Hall–Kier alpha value is -0.420. The summed E-state index contributed by atoms with van der Waals surface area (Å²) in [6.45, 7) is -0.841. The lowest BCUT2D eigenvalue weighted by Crippen LogP contribution is -2.47. The van der Waals surface area contributed by atoms with E-state index in [0.717, 1.165) is 0 Å². The van der Waals surface area contributed by atoms with Crippen molar-refractivity contribution in [1.82, 2.24) is 0 Å². The fourth-order valence-electron chi connectivity index (χ4n) is 0.785. The Morgan fingerprint density at radius 3 is 2.13 bits per heavy atom. The Kier molecular flexibility index (Phi) is 6.76. The van der Waals surface area contributed by atoms with Crippen LogP contribution in [0.25, 0.3) is 0 Å². The van der Waals surface area contributed by atoms with Gasteiger partial charge in [0.1, 0.15) is 18.3 Å². The van der Waals surface area contributed by atoms with Crippen LogP contribution in [0.1, 0.15) is 0 Å². The summed E-state index contributed by atoms with van der Waals surface area (Å²) in [5.74, 6) is 0. The van der Waals surface area contributed by atoms with Crippen LogP contribution >= 0.6 is 0 Å². The van der Waals surface area contributed by atoms with Crippen molar-refractivity contribution >= 4 is 17.6 Å². The molecule has 0 aliphatic rings. The molecule has 0 spiro atoms. The minimum atomic E-state index is -2.79. The van der Waals surface area contributed by atoms with E-state index in [2.05, 4.69) is 4.18 Å². The summed E-state index contributed by atoms with van der Waals surface area (Å²) in [6, 6.07) is 0. The van der Waals surface area contributed by atoms with Gasteiger partial charge in [-0.25, -0.2) is 0 Å². The summed E-state index contributed by atoms with van der Waals surface area (Å²) in [4.78, 5) is 10.3. The number of hydrogen-bond donors (Lipinski definition) is 5. The van der Waals surface area contributed by atoms with E-state index in [-0.39, 0.29) is 6.29 Å². The largest absolute Gasteiger partial charge is 0.394 e. The van der Waals surface area contributed by atoms with Crippen molar-refractivity contribution < 1.29 is 38.2 Å². The van der Waals surface area contributed by atoms with Crippen LogP contribution in [0.3, 0.4) is 0 Å². The van der Waals surface area contributed by atoms with Gasteiger partial charge in [-0.3, -0.25) is 8.74 Å². The van der Waals surface area contributed by atoms with E-state index in [0.29, 0.717) is 0 Å². The second-order valence-electron chi connectivity index (χ2n) is 2.65. The molecule has 0 radical (unpaired) electrons. The molecule has 90 valence electrons. The molecule has 0 rings (SSSR count). The molecule has 0 aromatic heterocycles.